The van der Waals surface area contributed by atoms with Crippen molar-refractivity contribution in [1.82, 2.24) is 5.32 Å². The highest BCUT2D eigenvalue weighted by Gasteiger charge is 2.11. The zero-order chi connectivity index (χ0) is 9.36. The van der Waals surface area contributed by atoms with Gasteiger partial charge in [-0.05, 0) is 38.3 Å². The Hall–Kier alpha value is -0.520. The van der Waals surface area contributed by atoms with E-state index in [9.17, 15) is 0 Å². The van der Waals surface area contributed by atoms with E-state index in [-0.39, 0.29) is 0 Å². The van der Waals surface area contributed by atoms with Crippen LogP contribution in [0.3, 0.4) is 0 Å². The van der Waals surface area contributed by atoms with Crippen molar-refractivity contribution in [2.24, 2.45) is 5.92 Å². The van der Waals surface area contributed by atoms with Crippen LogP contribution in [-0.2, 0) is 4.74 Å². The van der Waals surface area contributed by atoms with Gasteiger partial charge in [0.25, 0.3) is 0 Å². The summed E-state index contributed by atoms with van der Waals surface area (Å²) in [6.45, 7) is 3.94. The van der Waals surface area contributed by atoms with Crippen LogP contribution in [0.15, 0.2) is 0 Å². The van der Waals surface area contributed by atoms with Crippen molar-refractivity contribution in [3.8, 4) is 12.3 Å². The average molecular weight is 181 g/mol. The molecule has 1 heterocycles. The maximum Gasteiger partial charge on any atom is 0.0575 e. The summed E-state index contributed by atoms with van der Waals surface area (Å²) in [7, 11) is 0. The van der Waals surface area contributed by atoms with Gasteiger partial charge in [0.2, 0.25) is 0 Å². The third-order valence-electron chi connectivity index (χ3n) is 2.46. The van der Waals surface area contributed by atoms with Crippen LogP contribution in [0.4, 0.5) is 0 Å². The Balaban J connectivity index is 1.90. The fourth-order valence-electron chi connectivity index (χ4n) is 1.65. The lowest BCUT2D eigenvalue weighted by Gasteiger charge is -2.22. The van der Waals surface area contributed by atoms with E-state index in [0.29, 0.717) is 0 Å². The molecule has 1 unspecified atom stereocenters. The fraction of sp³-hybridized carbons (Fsp3) is 0.818. The summed E-state index contributed by atoms with van der Waals surface area (Å²) < 4.78 is 5.41. The highest BCUT2D eigenvalue weighted by Crippen LogP contribution is 2.13. The van der Waals surface area contributed by atoms with E-state index in [1.165, 1.54) is 32.4 Å². The van der Waals surface area contributed by atoms with Gasteiger partial charge in [-0.2, -0.15) is 0 Å². The fourth-order valence-corrected chi connectivity index (χ4v) is 1.65. The van der Waals surface area contributed by atoms with Gasteiger partial charge < -0.3 is 10.1 Å². The van der Waals surface area contributed by atoms with Gasteiger partial charge in [-0.3, -0.25) is 0 Å². The van der Waals surface area contributed by atoms with Crippen LogP contribution in [0, 0.1) is 18.3 Å². The smallest absolute Gasteiger partial charge is 0.0575 e. The second kappa shape index (κ2) is 6.94. The van der Waals surface area contributed by atoms with Crippen molar-refractivity contribution in [3.05, 3.63) is 0 Å². The first-order valence-corrected chi connectivity index (χ1v) is 5.15. The number of rotatable bonds is 5. The number of ether oxygens (including phenoxy) is 1. The zero-order valence-corrected chi connectivity index (χ0v) is 8.22. The first kappa shape index (κ1) is 10.6. The lowest BCUT2D eigenvalue weighted by Crippen LogP contribution is -2.30. The molecule has 0 spiro atoms. The second-order valence-corrected chi connectivity index (χ2v) is 3.57. The third-order valence-corrected chi connectivity index (χ3v) is 2.46. The molecular formula is C11H19NO. The highest BCUT2D eigenvalue weighted by atomic mass is 16.5. The number of nitrogens with one attached hydrogen (secondary N) is 1. The molecule has 0 saturated carbocycles. The molecule has 1 saturated heterocycles. The van der Waals surface area contributed by atoms with E-state index in [4.69, 9.17) is 11.2 Å². The molecule has 0 aliphatic carbocycles. The van der Waals surface area contributed by atoms with Gasteiger partial charge in [0.15, 0.2) is 0 Å². The molecule has 2 heteroatoms. The molecule has 1 rings (SSSR count). The first-order chi connectivity index (χ1) is 6.43. The topological polar surface area (TPSA) is 21.3 Å². The van der Waals surface area contributed by atoms with Crippen LogP contribution in [-0.4, -0.2) is 26.3 Å². The zero-order valence-electron chi connectivity index (χ0n) is 8.22. The molecule has 0 radical (unpaired) electrons. The maximum atomic E-state index is 5.41. The predicted molar refractivity (Wildman–Crippen MR) is 54.5 cm³/mol. The van der Waals surface area contributed by atoms with Gasteiger partial charge in [-0.15, -0.1) is 12.3 Å². The van der Waals surface area contributed by atoms with Crippen LogP contribution >= 0.6 is 0 Å². The number of terminal acetylenes is 1. The number of hydrogen-bond acceptors (Lipinski definition) is 2. The SMILES string of the molecule is C#CCCOCCC1CCCNC1. The molecule has 0 bridgehead atoms. The minimum Gasteiger partial charge on any atom is -0.380 e. The van der Waals surface area contributed by atoms with Crippen molar-refractivity contribution in [3.63, 3.8) is 0 Å². The number of piperidine rings is 1. The van der Waals surface area contributed by atoms with E-state index in [1.54, 1.807) is 0 Å². The summed E-state index contributed by atoms with van der Waals surface area (Å²) in [5.41, 5.74) is 0. The highest BCUT2D eigenvalue weighted by molar-refractivity contribution is 4.82. The van der Waals surface area contributed by atoms with Crippen LogP contribution in [0.1, 0.15) is 25.7 Å². The maximum absolute atomic E-state index is 5.41. The van der Waals surface area contributed by atoms with Crippen molar-refractivity contribution in [1.29, 1.82) is 0 Å². The Labute approximate surface area is 81.0 Å². The Morgan fingerprint density at radius 3 is 3.08 bits per heavy atom. The van der Waals surface area contributed by atoms with Crippen LogP contribution in [0.5, 0.6) is 0 Å². The summed E-state index contributed by atoms with van der Waals surface area (Å²) in [6.07, 6.45) is 9.70. The van der Waals surface area contributed by atoms with Crippen LogP contribution in [0.25, 0.3) is 0 Å². The summed E-state index contributed by atoms with van der Waals surface area (Å²) in [5.74, 6) is 3.39. The van der Waals surface area contributed by atoms with Crippen molar-refractivity contribution < 1.29 is 4.74 Å². The Morgan fingerprint density at radius 2 is 2.38 bits per heavy atom. The largest absolute Gasteiger partial charge is 0.380 e. The molecule has 1 aliphatic rings. The first-order valence-electron chi connectivity index (χ1n) is 5.15. The minimum atomic E-state index is 0.719. The monoisotopic (exact) mass is 181 g/mol. The molecule has 2 nitrogen and oxygen atoms in total. The van der Waals surface area contributed by atoms with E-state index >= 15 is 0 Å². The van der Waals surface area contributed by atoms with E-state index in [2.05, 4.69) is 11.2 Å². The van der Waals surface area contributed by atoms with Gasteiger partial charge in [0.1, 0.15) is 0 Å². The van der Waals surface area contributed by atoms with Crippen molar-refractivity contribution in [2.75, 3.05) is 26.3 Å². The lowest BCUT2D eigenvalue weighted by atomic mass is 9.97. The Morgan fingerprint density at radius 1 is 1.46 bits per heavy atom. The minimum absolute atomic E-state index is 0.719. The molecule has 0 aromatic rings. The second-order valence-electron chi connectivity index (χ2n) is 3.57. The molecule has 0 aromatic heterocycles. The molecule has 1 fully saturated rings. The standard InChI is InChI=1S/C11H19NO/c1-2-3-8-13-9-6-11-5-4-7-12-10-11/h1,11-12H,3-10H2. The van der Waals surface area contributed by atoms with Crippen molar-refractivity contribution >= 4 is 0 Å². The van der Waals surface area contributed by atoms with E-state index in [0.717, 1.165) is 25.6 Å². The number of hydrogen-bond donors (Lipinski definition) is 1. The van der Waals surface area contributed by atoms with E-state index < -0.39 is 0 Å². The summed E-state index contributed by atoms with van der Waals surface area (Å²) in [6, 6.07) is 0. The van der Waals surface area contributed by atoms with Gasteiger partial charge in [-0.1, -0.05) is 0 Å². The molecule has 1 atom stereocenters. The quantitative estimate of drug-likeness (QED) is 0.511. The third kappa shape index (κ3) is 4.92. The molecule has 13 heavy (non-hydrogen) atoms. The summed E-state index contributed by atoms with van der Waals surface area (Å²) >= 11 is 0. The normalized spacial score (nSPS) is 22.5. The predicted octanol–water partition coefficient (Wildman–Crippen LogP) is 1.42. The summed E-state index contributed by atoms with van der Waals surface area (Å²) in [5, 5.41) is 3.40. The van der Waals surface area contributed by atoms with Gasteiger partial charge >= 0.3 is 0 Å². The van der Waals surface area contributed by atoms with Crippen LogP contribution in [0.2, 0.25) is 0 Å². The lowest BCUT2D eigenvalue weighted by molar-refractivity contribution is 0.120. The molecular weight excluding hydrogens is 162 g/mol. The molecule has 0 aromatic carbocycles. The van der Waals surface area contributed by atoms with Gasteiger partial charge in [0.05, 0.1) is 6.61 Å². The molecule has 0 amide bonds. The molecule has 1 N–H and O–H groups in total. The average Bonchev–Trinajstić information content (AvgIpc) is 2.19. The van der Waals surface area contributed by atoms with Gasteiger partial charge in [-0.25, -0.2) is 0 Å². The van der Waals surface area contributed by atoms with Crippen molar-refractivity contribution in [2.45, 2.75) is 25.7 Å². The van der Waals surface area contributed by atoms with Gasteiger partial charge in [0, 0.05) is 13.0 Å². The van der Waals surface area contributed by atoms with E-state index in [1.807, 2.05) is 0 Å². The Bertz CT molecular complexity index is 156. The van der Waals surface area contributed by atoms with Crippen LogP contribution < -0.4 is 5.32 Å². The summed E-state index contributed by atoms with van der Waals surface area (Å²) in [4.78, 5) is 0. The Kier molecular flexibility index (Phi) is 5.64. The molecule has 74 valence electrons. The molecule has 1 aliphatic heterocycles.